The minimum Gasteiger partial charge on any atom is -0.492 e. The number of aryl methyl sites for hydroxylation is 1. The first-order chi connectivity index (χ1) is 19.2. The van der Waals surface area contributed by atoms with Crippen LogP contribution < -0.4 is 29.7 Å². The molecule has 1 aromatic heterocycles. The highest BCUT2D eigenvalue weighted by atomic mass is 32.2. The maximum absolute atomic E-state index is 13.4. The number of hydrogen-bond acceptors (Lipinski definition) is 9. The number of ether oxygens (including phenoxy) is 2. The topological polar surface area (TPSA) is 135 Å². The van der Waals surface area contributed by atoms with E-state index in [4.69, 9.17) is 9.47 Å². The van der Waals surface area contributed by atoms with Crippen LogP contribution in [0.4, 0.5) is 17.3 Å². The molecule has 0 radical (unpaired) electrons. The lowest BCUT2D eigenvalue weighted by Crippen LogP contribution is -2.34. The Balaban J connectivity index is 1.61. The summed E-state index contributed by atoms with van der Waals surface area (Å²) in [5.41, 5.74) is 2.22. The summed E-state index contributed by atoms with van der Waals surface area (Å²) in [7, 11) is -0.213. The summed E-state index contributed by atoms with van der Waals surface area (Å²) >= 11 is 0. The molecule has 1 aliphatic rings. The average molecular weight is 583 g/mol. The van der Waals surface area contributed by atoms with E-state index in [1.165, 1.54) is 7.11 Å². The molecule has 0 aliphatic carbocycles. The monoisotopic (exact) mass is 582 g/mol. The molecule has 3 N–H and O–H groups in total. The molecule has 1 saturated heterocycles. The second-order valence-electron chi connectivity index (χ2n) is 11.2. The zero-order valence-electron chi connectivity index (χ0n) is 24.5. The Morgan fingerprint density at radius 1 is 1.15 bits per heavy atom. The van der Waals surface area contributed by atoms with Crippen LogP contribution in [0, 0.1) is 6.92 Å². The summed E-state index contributed by atoms with van der Waals surface area (Å²) < 4.78 is 38.2. The van der Waals surface area contributed by atoms with E-state index < -0.39 is 15.9 Å². The van der Waals surface area contributed by atoms with Crippen molar-refractivity contribution in [1.82, 2.24) is 15.3 Å². The van der Waals surface area contributed by atoms with Crippen molar-refractivity contribution in [2.24, 2.45) is 0 Å². The predicted molar refractivity (Wildman–Crippen MR) is 161 cm³/mol. The van der Waals surface area contributed by atoms with Crippen molar-refractivity contribution in [3.63, 3.8) is 0 Å². The van der Waals surface area contributed by atoms with Gasteiger partial charge in [-0.2, -0.15) is 4.98 Å². The Morgan fingerprint density at radius 2 is 1.88 bits per heavy atom. The Hall–Kier alpha value is -3.90. The number of nitrogens with zero attached hydrogens (tertiary/aromatic N) is 3. The first-order valence-electron chi connectivity index (χ1n) is 13.3. The second-order valence-corrected chi connectivity index (χ2v) is 13.0. The molecule has 1 aliphatic heterocycles. The summed E-state index contributed by atoms with van der Waals surface area (Å²) in [6.07, 6.45) is 3.72. The summed E-state index contributed by atoms with van der Waals surface area (Å²) in [5, 5.41) is 6.23. The van der Waals surface area contributed by atoms with Gasteiger partial charge in [0.1, 0.15) is 5.75 Å². The molecular formula is C29H38N6O5S. The standard InChI is InChI=1S/C29H38N6O5S/c1-18-8-9-19(14-24(18)40-25-11-13-31-28(33-25)35(5)21-10-12-30-17-21)27(36)32-22-15-20(29(2,3)4)16-23(26(22)39-6)34-41(7,37)38/h8-9,11,13-16,21,30,34H,10,12,17H2,1-7H3,(H,32,36). The summed E-state index contributed by atoms with van der Waals surface area (Å²) in [6.45, 7) is 9.70. The lowest BCUT2D eigenvalue weighted by atomic mass is 9.86. The second kappa shape index (κ2) is 11.9. The van der Waals surface area contributed by atoms with E-state index in [1.54, 1.807) is 42.6 Å². The van der Waals surface area contributed by atoms with Gasteiger partial charge in [0.2, 0.25) is 21.9 Å². The molecule has 1 unspecified atom stereocenters. The molecule has 220 valence electrons. The summed E-state index contributed by atoms with van der Waals surface area (Å²) in [6, 6.07) is 10.6. The lowest BCUT2D eigenvalue weighted by molar-refractivity contribution is 0.102. The highest BCUT2D eigenvalue weighted by molar-refractivity contribution is 7.92. The van der Waals surface area contributed by atoms with Crippen LogP contribution in [0.15, 0.2) is 42.6 Å². The van der Waals surface area contributed by atoms with E-state index in [-0.39, 0.29) is 16.9 Å². The van der Waals surface area contributed by atoms with Gasteiger partial charge in [0.05, 0.1) is 24.7 Å². The number of sulfonamides is 1. The van der Waals surface area contributed by atoms with E-state index in [0.717, 1.165) is 36.9 Å². The molecule has 2 aromatic carbocycles. The van der Waals surface area contributed by atoms with Gasteiger partial charge in [-0.15, -0.1) is 0 Å². The van der Waals surface area contributed by atoms with Crippen molar-refractivity contribution in [1.29, 1.82) is 0 Å². The Morgan fingerprint density at radius 3 is 2.51 bits per heavy atom. The van der Waals surface area contributed by atoms with Gasteiger partial charge in [-0.05, 0) is 60.7 Å². The largest absolute Gasteiger partial charge is 0.492 e. The van der Waals surface area contributed by atoms with Gasteiger partial charge in [-0.3, -0.25) is 9.52 Å². The van der Waals surface area contributed by atoms with Crippen molar-refractivity contribution in [2.45, 2.75) is 45.6 Å². The van der Waals surface area contributed by atoms with Gasteiger partial charge in [0.15, 0.2) is 5.75 Å². The van der Waals surface area contributed by atoms with Crippen LogP contribution in [-0.4, -0.2) is 63.8 Å². The number of rotatable bonds is 9. The zero-order chi connectivity index (χ0) is 29.9. The third-order valence-corrected chi connectivity index (χ3v) is 7.47. The molecule has 2 heterocycles. The normalized spacial score (nSPS) is 15.3. The van der Waals surface area contributed by atoms with Crippen LogP contribution in [0.1, 0.15) is 48.7 Å². The minimum absolute atomic E-state index is 0.204. The van der Waals surface area contributed by atoms with Crippen LogP contribution in [-0.2, 0) is 15.4 Å². The Labute approximate surface area is 241 Å². The van der Waals surface area contributed by atoms with Crippen LogP contribution in [0.2, 0.25) is 0 Å². The van der Waals surface area contributed by atoms with E-state index >= 15 is 0 Å². The molecule has 0 bridgehead atoms. The molecule has 0 spiro atoms. The van der Waals surface area contributed by atoms with Gasteiger partial charge < -0.3 is 25.0 Å². The predicted octanol–water partition coefficient (Wildman–Crippen LogP) is 4.31. The number of nitrogens with one attached hydrogen (secondary N) is 3. The summed E-state index contributed by atoms with van der Waals surface area (Å²) in [5.74, 6) is 1.19. The molecule has 4 rings (SSSR count). The van der Waals surface area contributed by atoms with Crippen molar-refractivity contribution in [2.75, 3.05) is 48.4 Å². The molecule has 41 heavy (non-hydrogen) atoms. The van der Waals surface area contributed by atoms with E-state index in [0.29, 0.717) is 34.9 Å². The lowest BCUT2D eigenvalue weighted by Gasteiger charge is -2.24. The highest BCUT2D eigenvalue weighted by Gasteiger charge is 2.24. The van der Waals surface area contributed by atoms with Gasteiger partial charge >= 0.3 is 0 Å². The Kier molecular flexibility index (Phi) is 8.74. The van der Waals surface area contributed by atoms with Crippen molar-refractivity contribution in [3.05, 3.63) is 59.3 Å². The third-order valence-electron chi connectivity index (χ3n) is 6.88. The third kappa shape index (κ3) is 7.44. The van der Waals surface area contributed by atoms with E-state index in [2.05, 4.69) is 25.3 Å². The number of carbonyl (C=O) groups excluding carboxylic acids is 1. The average Bonchev–Trinajstić information content (AvgIpc) is 3.43. The van der Waals surface area contributed by atoms with Crippen LogP contribution in [0.5, 0.6) is 17.4 Å². The van der Waals surface area contributed by atoms with Crippen molar-refractivity contribution < 1.29 is 22.7 Å². The molecule has 1 fully saturated rings. The zero-order valence-corrected chi connectivity index (χ0v) is 25.3. The molecule has 3 aromatic rings. The molecular weight excluding hydrogens is 544 g/mol. The van der Waals surface area contributed by atoms with Crippen LogP contribution in [0.3, 0.4) is 0 Å². The fourth-order valence-corrected chi connectivity index (χ4v) is 5.05. The number of aromatic nitrogens is 2. The first-order valence-corrected chi connectivity index (χ1v) is 15.2. The fraction of sp³-hybridized carbons (Fsp3) is 0.414. The molecule has 1 atom stereocenters. The number of anilines is 3. The van der Waals surface area contributed by atoms with Gasteiger partial charge in [-0.25, -0.2) is 13.4 Å². The minimum atomic E-state index is -3.60. The first kappa shape index (κ1) is 30.1. The molecule has 0 saturated carbocycles. The molecule has 11 nitrogen and oxygen atoms in total. The van der Waals surface area contributed by atoms with E-state index in [1.807, 2.05) is 39.6 Å². The molecule has 12 heteroatoms. The maximum Gasteiger partial charge on any atom is 0.255 e. The summed E-state index contributed by atoms with van der Waals surface area (Å²) in [4.78, 5) is 24.5. The number of likely N-dealkylation sites (N-methyl/N-ethyl adjacent to an activating group) is 1. The van der Waals surface area contributed by atoms with Crippen LogP contribution >= 0.6 is 0 Å². The number of benzene rings is 2. The fourth-order valence-electron chi connectivity index (χ4n) is 4.50. The SMILES string of the molecule is COc1c(NC(=O)c2ccc(C)c(Oc3ccnc(N(C)C4CCNC4)n3)c2)cc(C(C)(C)C)cc1NS(C)(=O)=O. The van der Waals surface area contributed by atoms with Gasteiger partial charge in [0, 0.05) is 37.5 Å². The van der Waals surface area contributed by atoms with Crippen molar-refractivity contribution >= 4 is 33.3 Å². The smallest absolute Gasteiger partial charge is 0.255 e. The highest BCUT2D eigenvalue weighted by Crippen LogP contribution is 2.39. The van der Waals surface area contributed by atoms with Crippen LogP contribution in [0.25, 0.3) is 0 Å². The maximum atomic E-state index is 13.4. The number of hydrogen-bond donors (Lipinski definition) is 3. The number of carbonyl (C=O) groups is 1. The van der Waals surface area contributed by atoms with Crippen molar-refractivity contribution in [3.8, 4) is 17.4 Å². The molecule has 1 amide bonds. The quantitative estimate of drug-likeness (QED) is 0.337. The number of methoxy groups -OCH3 is 1. The number of amides is 1. The Bertz CT molecular complexity index is 1530. The van der Waals surface area contributed by atoms with Gasteiger partial charge in [0.25, 0.3) is 5.91 Å². The van der Waals surface area contributed by atoms with Gasteiger partial charge in [-0.1, -0.05) is 26.8 Å². The van der Waals surface area contributed by atoms with E-state index in [9.17, 15) is 13.2 Å².